The fourth-order valence-electron chi connectivity index (χ4n) is 3.22. The molecule has 0 radical (unpaired) electrons. The maximum atomic E-state index is 13.6. The van der Waals surface area contributed by atoms with Gasteiger partial charge < -0.3 is 15.1 Å². The molecule has 3 rings (SSSR count). The highest BCUT2D eigenvalue weighted by Gasteiger charge is 2.19. The summed E-state index contributed by atoms with van der Waals surface area (Å²) in [5.41, 5.74) is 2.13. The number of halogens is 1. The van der Waals surface area contributed by atoms with Gasteiger partial charge in [0.2, 0.25) is 5.95 Å². The Hall–Kier alpha value is -2.84. The summed E-state index contributed by atoms with van der Waals surface area (Å²) in [6.07, 6.45) is 0. The Morgan fingerprint density at radius 1 is 1.18 bits per heavy atom. The number of aromatic nitrogens is 3. The molecule has 0 fully saturated rings. The van der Waals surface area contributed by atoms with E-state index in [9.17, 15) is 19.4 Å². The third-order valence-corrected chi connectivity index (χ3v) is 4.56. The van der Waals surface area contributed by atoms with E-state index >= 15 is 0 Å². The molecule has 148 valence electrons. The molecule has 0 atom stereocenters. The molecular formula is C20H23FN4O3. The Bertz CT molecular complexity index is 1070. The van der Waals surface area contributed by atoms with E-state index in [4.69, 9.17) is 0 Å². The Kier molecular flexibility index (Phi) is 5.71. The maximum Gasteiger partial charge on any atom is 0.252 e. The van der Waals surface area contributed by atoms with Gasteiger partial charge in [-0.15, -0.1) is 0 Å². The zero-order valence-electron chi connectivity index (χ0n) is 16.1. The second-order valence-corrected chi connectivity index (χ2v) is 6.83. The van der Waals surface area contributed by atoms with Crippen LogP contribution in [-0.2, 0) is 0 Å². The number of nitrogens with zero attached hydrogens (tertiary/aromatic N) is 4. The number of aryl methyl sites for hydroxylation is 1. The van der Waals surface area contributed by atoms with Crippen LogP contribution in [-0.4, -0.2) is 44.6 Å². The lowest BCUT2D eigenvalue weighted by Gasteiger charge is -2.22. The van der Waals surface area contributed by atoms with Crippen LogP contribution in [0, 0.1) is 12.7 Å². The molecule has 2 heterocycles. The van der Waals surface area contributed by atoms with Gasteiger partial charge in [-0.3, -0.25) is 9.36 Å². The van der Waals surface area contributed by atoms with Crippen molar-refractivity contribution in [3.8, 4) is 11.3 Å². The van der Waals surface area contributed by atoms with Crippen molar-refractivity contribution >= 4 is 17.0 Å². The van der Waals surface area contributed by atoms with Crippen LogP contribution in [0.5, 0.6) is 0 Å². The van der Waals surface area contributed by atoms with Crippen LogP contribution in [0.4, 0.5) is 10.3 Å². The van der Waals surface area contributed by atoms with Gasteiger partial charge in [-0.05, 0) is 50.6 Å². The summed E-state index contributed by atoms with van der Waals surface area (Å²) in [6, 6.07) is 7.38. The van der Waals surface area contributed by atoms with Gasteiger partial charge >= 0.3 is 0 Å². The summed E-state index contributed by atoms with van der Waals surface area (Å²) in [6.45, 7) is 5.07. The van der Waals surface area contributed by atoms with E-state index in [-0.39, 0.29) is 36.5 Å². The smallest absolute Gasteiger partial charge is 0.252 e. The summed E-state index contributed by atoms with van der Waals surface area (Å²) in [7, 11) is 0. The Morgan fingerprint density at radius 3 is 2.54 bits per heavy atom. The van der Waals surface area contributed by atoms with E-state index in [2.05, 4.69) is 9.97 Å². The SMILES string of the molecule is Cc1cc(F)ccc1-c1nc(N(CO)CCO)nc2c1ccc(=O)n2C(C)C. The van der Waals surface area contributed by atoms with E-state index in [1.807, 2.05) is 13.8 Å². The summed E-state index contributed by atoms with van der Waals surface area (Å²) >= 11 is 0. The molecule has 0 aliphatic rings. The minimum absolute atomic E-state index is 0.128. The molecule has 0 bridgehead atoms. The molecule has 8 heteroatoms. The molecule has 3 aromatic rings. The van der Waals surface area contributed by atoms with Crippen LogP contribution in [0.25, 0.3) is 22.3 Å². The van der Waals surface area contributed by atoms with Gasteiger partial charge in [0.25, 0.3) is 5.56 Å². The summed E-state index contributed by atoms with van der Waals surface area (Å²) < 4.78 is 15.2. The molecule has 7 nitrogen and oxygen atoms in total. The van der Waals surface area contributed by atoms with Crippen LogP contribution in [0.15, 0.2) is 35.1 Å². The van der Waals surface area contributed by atoms with Gasteiger partial charge in [0, 0.05) is 29.6 Å². The minimum Gasteiger partial charge on any atom is -0.395 e. The number of aliphatic hydroxyl groups excluding tert-OH is 2. The van der Waals surface area contributed by atoms with Gasteiger partial charge in [-0.25, -0.2) is 9.37 Å². The minimum atomic E-state index is -0.396. The first kappa shape index (κ1) is 19.9. The van der Waals surface area contributed by atoms with Gasteiger partial charge in [0.15, 0.2) is 0 Å². The average Bonchev–Trinajstić information content (AvgIpc) is 2.64. The van der Waals surface area contributed by atoms with Crippen molar-refractivity contribution in [2.75, 3.05) is 24.8 Å². The van der Waals surface area contributed by atoms with Crippen molar-refractivity contribution in [3.05, 3.63) is 52.1 Å². The second-order valence-electron chi connectivity index (χ2n) is 6.83. The highest BCUT2D eigenvalue weighted by Crippen LogP contribution is 2.31. The summed E-state index contributed by atoms with van der Waals surface area (Å²) in [5, 5.41) is 19.6. The molecule has 2 N–H and O–H groups in total. The summed E-state index contributed by atoms with van der Waals surface area (Å²) in [5.74, 6) is -0.168. The molecule has 0 spiro atoms. The van der Waals surface area contributed by atoms with Crippen LogP contribution >= 0.6 is 0 Å². The Balaban J connectivity index is 2.41. The van der Waals surface area contributed by atoms with Crippen molar-refractivity contribution in [2.45, 2.75) is 26.8 Å². The van der Waals surface area contributed by atoms with Crippen LogP contribution in [0.2, 0.25) is 0 Å². The molecule has 28 heavy (non-hydrogen) atoms. The first-order chi connectivity index (χ1) is 13.4. The predicted octanol–water partition coefficient (Wildman–Crippen LogP) is 2.24. The van der Waals surface area contributed by atoms with Crippen LogP contribution in [0.1, 0.15) is 25.5 Å². The topological polar surface area (TPSA) is 91.5 Å². The number of anilines is 1. The highest BCUT2D eigenvalue weighted by atomic mass is 19.1. The molecule has 0 aliphatic heterocycles. The standard InChI is InChI=1S/C20H23FN4O3/c1-12(2)25-17(28)7-6-16-18(15-5-4-14(21)10-13(15)3)22-20(23-19(16)25)24(11-27)8-9-26/h4-7,10,12,26-27H,8-9,11H2,1-3H3. The average molecular weight is 386 g/mol. The van der Waals surface area contributed by atoms with Gasteiger partial charge in [0.1, 0.15) is 18.2 Å². The molecule has 0 saturated heterocycles. The number of fused-ring (bicyclic) bond motifs is 1. The molecule has 2 aromatic heterocycles. The molecule has 1 aromatic carbocycles. The maximum absolute atomic E-state index is 13.6. The first-order valence-electron chi connectivity index (χ1n) is 9.03. The van der Waals surface area contributed by atoms with Gasteiger partial charge in [-0.1, -0.05) is 0 Å². The van der Waals surface area contributed by atoms with E-state index in [0.717, 1.165) is 0 Å². The van der Waals surface area contributed by atoms with Crippen molar-refractivity contribution in [1.82, 2.24) is 14.5 Å². The fraction of sp³-hybridized carbons (Fsp3) is 0.350. The zero-order valence-corrected chi connectivity index (χ0v) is 16.1. The van der Waals surface area contributed by atoms with E-state index < -0.39 is 6.73 Å². The Labute approximate surface area is 161 Å². The van der Waals surface area contributed by atoms with Crippen LogP contribution in [0.3, 0.4) is 0 Å². The lowest BCUT2D eigenvalue weighted by atomic mass is 10.0. The normalized spacial score (nSPS) is 11.4. The van der Waals surface area contributed by atoms with Crippen LogP contribution < -0.4 is 10.5 Å². The number of hydrogen-bond acceptors (Lipinski definition) is 6. The lowest BCUT2D eigenvalue weighted by Crippen LogP contribution is -2.30. The third-order valence-electron chi connectivity index (χ3n) is 4.56. The third kappa shape index (κ3) is 3.61. The monoisotopic (exact) mass is 386 g/mol. The van der Waals surface area contributed by atoms with E-state index in [1.165, 1.54) is 23.1 Å². The number of pyridine rings is 1. The molecule has 0 saturated carbocycles. The van der Waals surface area contributed by atoms with Gasteiger partial charge in [0.05, 0.1) is 12.3 Å². The lowest BCUT2D eigenvalue weighted by molar-refractivity contribution is 0.256. The number of hydrogen-bond donors (Lipinski definition) is 2. The number of benzene rings is 1. The van der Waals surface area contributed by atoms with Crippen molar-refractivity contribution < 1.29 is 14.6 Å². The second kappa shape index (κ2) is 8.04. The summed E-state index contributed by atoms with van der Waals surface area (Å²) in [4.78, 5) is 23.0. The quantitative estimate of drug-likeness (QED) is 0.632. The van der Waals surface area contributed by atoms with E-state index in [0.29, 0.717) is 27.9 Å². The van der Waals surface area contributed by atoms with Crippen molar-refractivity contribution in [1.29, 1.82) is 0 Å². The Morgan fingerprint density at radius 2 is 1.93 bits per heavy atom. The van der Waals surface area contributed by atoms with Crippen molar-refractivity contribution in [3.63, 3.8) is 0 Å². The molecule has 0 aliphatic carbocycles. The molecule has 0 unspecified atom stereocenters. The number of aliphatic hydroxyl groups is 2. The van der Waals surface area contributed by atoms with E-state index in [1.54, 1.807) is 23.6 Å². The van der Waals surface area contributed by atoms with Gasteiger partial charge in [-0.2, -0.15) is 4.98 Å². The highest BCUT2D eigenvalue weighted by molar-refractivity contribution is 5.92. The fourth-order valence-corrected chi connectivity index (χ4v) is 3.22. The molecule has 0 amide bonds. The largest absolute Gasteiger partial charge is 0.395 e. The zero-order chi connectivity index (χ0) is 20.4. The molecular weight excluding hydrogens is 363 g/mol. The first-order valence-corrected chi connectivity index (χ1v) is 9.03. The van der Waals surface area contributed by atoms with Crippen molar-refractivity contribution in [2.24, 2.45) is 0 Å². The number of rotatable bonds is 6. The predicted molar refractivity (Wildman–Crippen MR) is 106 cm³/mol.